The van der Waals surface area contributed by atoms with Gasteiger partial charge < -0.3 is 4.74 Å². The molecule has 0 bridgehead atoms. The molecule has 0 spiro atoms. The van der Waals surface area contributed by atoms with Crippen molar-refractivity contribution in [1.29, 1.82) is 0 Å². The quantitative estimate of drug-likeness (QED) is 0.756. The van der Waals surface area contributed by atoms with Crippen molar-refractivity contribution in [2.24, 2.45) is 4.99 Å². The zero-order valence-corrected chi connectivity index (χ0v) is 10.1. The van der Waals surface area contributed by atoms with E-state index in [1.807, 2.05) is 43.3 Å². The second-order valence-corrected chi connectivity index (χ2v) is 4.34. The molecule has 0 saturated carbocycles. The first-order valence-electron chi connectivity index (χ1n) is 6.06. The van der Waals surface area contributed by atoms with Crippen LogP contribution in [0.2, 0.25) is 0 Å². The number of rotatable bonds is 2. The minimum Gasteiger partial charge on any atom is -0.406 e. The highest BCUT2D eigenvalue weighted by Gasteiger charge is 2.28. The van der Waals surface area contributed by atoms with Gasteiger partial charge in [-0.3, -0.25) is 0 Å². The molecule has 0 aromatic heterocycles. The third-order valence-electron chi connectivity index (χ3n) is 3.13. The van der Waals surface area contributed by atoms with Crippen LogP contribution in [0.1, 0.15) is 18.9 Å². The van der Waals surface area contributed by atoms with Crippen molar-refractivity contribution in [2.75, 3.05) is 0 Å². The van der Waals surface area contributed by atoms with Gasteiger partial charge in [0.05, 0.1) is 0 Å². The van der Waals surface area contributed by atoms with Crippen LogP contribution in [0, 0.1) is 0 Å². The summed E-state index contributed by atoms with van der Waals surface area (Å²) in [6.07, 6.45) is 0.677. The Morgan fingerprint density at radius 1 is 1.17 bits per heavy atom. The van der Waals surface area contributed by atoms with E-state index >= 15 is 0 Å². The highest BCUT2D eigenvalue weighted by atomic mass is 16.6. The number of esters is 1. The predicted molar refractivity (Wildman–Crippen MR) is 70.7 cm³/mol. The summed E-state index contributed by atoms with van der Waals surface area (Å²) in [4.78, 5) is 15.8. The number of aliphatic imine (C=N–C) groups is 1. The number of carbonyl (C=O) groups excluding carboxylic acids is 1. The van der Waals surface area contributed by atoms with Crippen molar-refractivity contribution in [1.82, 2.24) is 0 Å². The number of benzene rings is 2. The zero-order valence-electron chi connectivity index (χ0n) is 10.1. The molecule has 1 aliphatic heterocycles. The van der Waals surface area contributed by atoms with Crippen LogP contribution in [0.3, 0.4) is 0 Å². The van der Waals surface area contributed by atoms with E-state index < -0.39 is 0 Å². The van der Waals surface area contributed by atoms with Gasteiger partial charge in [0.2, 0.25) is 5.90 Å². The minimum atomic E-state index is -0.341. The molecule has 1 heterocycles. The van der Waals surface area contributed by atoms with Crippen LogP contribution in [0.25, 0.3) is 10.8 Å². The highest BCUT2D eigenvalue weighted by Crippen LogP contribution is 2.20. The molecule has 0 saturated heterocycles. The van der Waals surface area contributed by atoms with Gasteiger partial charge in [0, 0.05) is 5.56 Å². The average molecular weight is 239 g/mol. The fourth-order valence-corrected chi connectivity index (χ4v) is 2.10. The van der Waals surface area contributed by atoms with E-state index in [2.05, 4.69) is 11.1 Å². The number of fused-ring (bicyclic) bond motifs is 1. The van der Waals surface area contributed by atoms with E-state index in [9.17, 15) is 4.79 Å². The van der Waals surface area contributed by atoms with Gasteiger partial charge in [-0.1, -0.05) is 37.3 Å². The molecule has 3 nitrogen and oxygen atoms in total. The summed E-state index contributed by atoms with van der Waals surface area (Å²) in [7, 11) is 0. The van der Waals surface area contributed by atoms with Gasteiger partial charge in [-0.15, -0.1) is 0 Å². The standard InChI is InChI=1S/C15H13NO2/c1-2-13-15(17)18-14(16-13)12-8-7-10-5-3-4-6-11(10)9-12/h3-9,13H,2H2,1H3. The van der Waals surface area contributed by atoms with Crippen LogP contribution in [0.4, 0.5) is 0 Å². The first-order chi connectivity index (χ1) is 8.78. The number of nitrogens with zero attached hydrogens (tertiary/aromatic N) is 1. The second-order valence-electron chi connectivity index (χ2n) is 4.34. The molecule has 18 heavy (non-hydrogen) atoms. The van der Waals surface area contributed by atoms with E-state index in [-0.39, 0.29) is 12.0 Å². The van der Waals surface area contributed by atoms with Crippen LogP contribution in [0.15, 0.2) is 47.5 Å². The maximum Gasteiger partial charge on any atom is 0.337 e. The molecule has 3 rings (SSSR count). The average Bonchev–Trinajstić information content (AvgIpc) is 2.79. The summed E-state index contributed by atoms with van der Waals surface area (Å²) in [6, 6.07) is 13.7. The van der Waals surface area contributed by atoms with Crippen LogP contribution in [-0.4, -0.2) is 17.9 Å². The highest BCUT2D eigenvalue weighted by molar-refractivity contribution is 6.07. The molecule has 0 radical (unpaired) electrons. The normalized spacial score (nSPS) is 18.8. The summed E-state index contributed by atoms with van der Waals surface area (Å²) < 4.78 is 5.21. The zero-order chi connectivity index (χ0) is 12.5. The molecule has 90 valence electrons. The van der Waals surface area contributed by atoms with Gasteiger partial charge in [-0.25, -0.2) is 9.79 Å². The number of hydrogen-bond acceptors (Lipinski definition) is 3. The number of carbonyl (C=O) groups is 1. The Labute approximate surface area is 105 Å². The van der Waals surface area contributed by atoms with Crippen LogP contribution in [0.5, 0.6) is 0 Å². The molecule has 0 amide bonds. The van der Waals surface area contributed by atoms with E-state index in [4.69, 9.17) is 4.74 Å². The van der Waals surface area contributed by atoms with Gasteiger partial charge in [-0.2, -0.15) is 0 Å². The number of cyclic esters (lactones) is 1. The van der Waals surface area contributed by atoms with Gasteiger partial charge in [0.25, 0.3) is 0 Å². The lowest BCUT2D eigenvalue weighted by molar-refractivity contribution is -0.134. The van der Waals surface area contributed by atoms with Crippen LogP contribution < -0.4 is 0 Å². The smallest absolute Gasteiger partial charge is 0.337 e. The Morgan fingerprint density at radius 3 is 2.67 bits per heavy atom. The molecule has 0 aliphatic carbocycles. The van der Waals surface area contributed by atoms with Crippen molar-refractivity contribution in [3.8, 4) is 0 Å². The Hall–Kier alpha value is -2.16. The van der Waals surface area contributed by atoms with E-state index in [1.165, 1.54) is 5.39 Å². The van der Waals surface area contributed by atoms with Gasteiger partial charge in [-0.05, 0) is 29.3 Å². The van der Waals surface area contributed by atoms with Crippen molar-refractivity contribution < 1.29 is 9.53 Å². The number of ether oxygens (including phenoxy) is 1. The van der Waals surface area contributed by atoms with Crippen LogP contribution >= 0.6 is 0 Å². The summed E-state index contributed by atoms with van der Waals surface area (Å²) in [5, 5.41) is 2.28. The van der Waals surface area contributed by atoms with Gasteiger partial charge >= 0.3 is 5.97 Å². The Balaban J connectivity index is 2.03. The lowest BCUT2D eigenvalue weighted by atomic mass is 10.1. The first-order valence-corrected chi connectivity index (χ1v) is 6.06. The molecule has 0 N–H and O–H groups in total. The molecule has 0 fully saturated rings. The van der Waals surface area contributed by atoms with Crippen molar-refractivity contribution in [3.63, 3.8) is 0 Å². The fourth-order valence-electron chi connectivity index (χ4n) is 2.10. The van der Waals surface area contributed by atoms with Crippen molar-refractivity contribution in [3.05, 3.63) is 48.0 Å². The minimum absolute atomic E-state index is 0.249. The fraction of sp³-hybridized carbons (Fsp3) is 0.200. The first kappa shape index (κ1) is 11.0. The molecule has 1 atom stereocenters. The lowest BCUT2D eigenvalue weighted by Gasteiger charge is -2.02. The molecule has 2 aromatic carbocycles. The maximum atomic E-state index is 11.5. The molecule has 3 heteroatoms. The Morgan fingerprint density at radius 2 is 1.94 bits per heavy atom. The molecule has 1 unspecified atom stereocenters. The van der Waals surface area contributed by atoms with Crippen molar-refractivity contribution >= 4 is 22.6 Å². The third-order valence-corrected chi connectivity index (χ3v) is 3.13. The Bertz CT molecular complexity index is 646. The second kappa shape index (κ2) is 4.26. The SMILES string of the molecule is CCC1N=C(c2ccc3ccccc3c2)OC1=O. The predicted octanol–water partition coefficient (Wildman–Crippen LogP) is 2.92. The van der Waals surface area contributed by atoms with Gasteiger partial charge in [0.15, 0.2) is 6.04 Å². The van der Waals surface area contributed by atoms with Crippen LogP contribution in [-0.2, 0) is 9.53 Å². The molecule has 2 aromatic rings. The monoisotopic (exact) mass is 239 g/mol. The molecular weight excluding hydrogens is 226 g/mol. The third kappa shape index (κ3) is 1.78. The summed E-state index contributed by atoms with van der Waals surface area (Å²) in [6.45, 7) is 1.93. The maximum absolute atomic E-state index is 11.5. The molecular formula is C15H13NO2. The topological polar surface area (TPSA) is 38.7 Å². The lowest BCUT2D eigenvalue weighted by Crippen LogP contribution is -2.13. The van der Waals surface area contributed by atoms with Crippen molar-refractivity contribution in [2.45, 2.75) is 19.4 Å². The largest absolute Gasteiger partial charge is 0.406 e. The number of hydrogen-bond donors (Lipinski definition) is 0. The van der Waals surface area contributed by atoms with E-state index in [0.717, 1.165) is 10.9 Å². The summed E-state index contributed by atoms with van der Waals surface area (Å²) in [5.41, 5.74) is 0.859. The summed E-state index contributed by atoms with van der Waals surface area (Å²) in [5.74, 6) is 0.193. The van der Waals surface area contributed by atoms with E-state index in [0.29, 0.717) is 12.3 Å². The molecule has 1 aliphatic rings. The van der Waals surface area contributed by atoms with Gasteiger partial charge in [0.1, 0.15) is 0 Å². The summed E-state index contributed by atoms with van der Waals surface area (Å²) >= 11 is 0. The van der Waals surface area contributed by atoms with E-state index in [1.54, 1.807) is 0 Å². The Kier molecular flexibility index (Phi) is 2.59.